The third kappa shape index (κ3) is 5.46. The molecular formula is C11H18ClN3O5S. The Labute approximate surface area is 129 Å². The number of methoxy groups -OCH3 is 1. The number of ether oxygens (including phenoxy) is 1. The van der Waals surface area contributed by atoms with Crippen molar-refractivity contribution in [1.29, 1.82) is 0 Å². The van der Waals surface area contributed by atoms with E-state index in [1.807, 2.05) is 0 Å². The van der Waals surface area contributed by atoms with Crippen LogP contribution < -0.4 is 15.2 Å². The normalized spacial score (nSPS) is 12.3. The minimum absolute atomic E-state index is 0. The van der Waals surface area contributed by atoms with Gasteiger partial charge in [0.2, 0.25) is 10.0 Å². The average molecular weight is 340 g/mol. The maximum Gasteiger partial charge on any atom is 0.271 e. The third-order valence-corrected chi connectivity index (χ3v) is 4.02. The maximum atomic E-state index is 12.1. The molecule has 3 N–H and O–H groups in total. The van der Waals surface area contributed by atoms with Gasteiger partial charge in [-0.15, -0.1) is 12.4 Å². The number of rotatable bonds is 7. The Hall–Kier alpha value is -1.42. The highest BCUT2D eigenvalue weighted by Crippen LogP contribution is 2.27. The first-order chi connectivity index (χ1) is 9.27. The fourth-order valence-electron chi connectivity index (χ4n) is 1.49. The number of hydrogen-bond acceptors (Lipinski definition) is 6. The lowest BCUT2D eigenvalue weighted by atomic mass is 10.3. The van der Waals surface area contributed by atoms with E-state index in [4.69, 9.17) is 10.5 Å². The van der Waals surface area contributed by atoms with Gasteiger partial charge in [0.25, 0.3) is 5.69 Å². The Kier molecular flexibility index (Phi) is 7.58. The van der Waals surface area contributed by atoms with Crippen molar-refractivity contribution < 1.29 is 18.1 Å². The zero-order valence-corrected chi connectivity index (χ0v) is 13.2. The van der Waals surface area contributed by atoms with Crippen LogP contribution in [0.3, 0.4) is 0 Å². The summed E-state index contributed by atoms with van der Waals surface area (Å²) < 4.78 is 31.5. The molecule has 120 valence electrons. The van der Waals surface area contributed by atoms with Gasteiger partial charge in [0.05, 0.1) is 12.0 Å². The molecule has 21 heavy (non-hydrogen) atoms. The standard InChI is InChI=1S/C11H17N3O5S.ClH/c1-8(12)5-6-13-20(17,18)11-7-9(14(15)16)3-4-10(11)19-2;/h3-4,7-8,13H,5-6,12H2,1-2H3;1H. The summed E-state index contributed by atoms with van der Waals surface area (Å²) in [5, 5.41) is 10.7. The molecule has 0 aliphatic rings. The second-order valence-corrected chi connectivity index (χ2v) is 5.99. The third-order valence-electron chi connectivity index (χ3n) is 2.54. The van der Waals surface area contributed by atoms with Crippen LogP contribution in [0.15, 0.2) is 23.1 Å². The average Bonchev–Trinajstić information content (AvgIpc) is 2.37. The Bertz CT molecular complexity index is 592. The summed E-state index contributed by atoms with van der Waals surface area (Å²) in [5.74, 6) is 0.0453. The molecule has 0 aliphatic heterocycles. The molecule has 0 heterocycles. The summed E-state index contributed by atoms with van der Waals surface area (Å²) >= 11 is 0. The highest BCUT2D eigenvalue weighted by Gasteiger charge is 2.22. The Morgan fingerprint density at radius 3 is 2.57 bits per heavy atom. The van der Waals surface area contributed by atoms with Crippen molar-refractivity contribution in [2.24, 2.45) is 5.73 Å². The van der Waals surface area contributed by atoms with Gasteiger partial charge in [-0.25, -0.2) is 13.1 Å². The molecule has 0 radical (unpaired) electrons. The first-order valence-electron chi connectivity index (χ1n) is 5.85. The monoisotopic (exact) mass is 339 g/mol. The van der Waals surface area contributed by atoms with Crippen LogP contribution in [0.1, 0.15) is 13.3 Å². The van der Waals surface area contributed by atoms with E-state index in [1.165, 1.54) is 19.2 Å². The Balaban J connectivity index is 0.00000400. The molecule has 1 unspecified atom stereocenters. The van der Waals surface area contributed by atoms with Gasteiger partial charge in [0.1, 0.15) is 10.6 Å². The van der Waals surface area contributed by atoms with Gasteiger partial charge < -0.3 is 10.5 Å². The van der Waals surface area contributed by atoms with Gasteiger partial charge in [-0.3, -0.25) is 10.1 Å². The van der Waals surface area contributed by atoms with Crippen molar-refractivity contribution >= 4 is 28.1 Å². The largest absolute Gasteiger partial charge is 0.495 e. The lowest BCUT2D eigenvalue weighted by molar-refractivity contribution is -0.385. The van der Waals surface area contributed by atoms with Gasteiger partial charge in [-0.05, 0) is 19.4 Å². The number of non-ortho nitro benzene ring substituents is 1. The molecule has 0 aliphatic carbocycles. The maximum absolute atomic E-state index is 12.1. The van der Waals surface area contributed by atoms with E-state index in [1.54, 1.807) is 6.92 Å². The van der Waals surface area contributed by atoms with Crippen LogP contribution in [-0.2, 0) is 10.0 Å². The van der Waals surface area contributed by atoms with E-state index in [2.05, 4.69) is 4.72 Å². The van der Waals surface area contributed by atoms with Crippen molar-refractivity contribution in [2.75, 3.05) is 13.7 Å². The molecule has 0 aromatic heterocycles. The number of hydrogen-bond donors (Lipinski definition) is 2. The van der Waals surface area contributed by atoms with Crippen molar-refractivity contribution in [2.45, 2.75) is 24.3 Å². The number of nitro benzene ring substituents is 1. The van der Waals surface area contributed by atoms with Crippen molar-refractivity contribution in [3.63, 3.8) is 0 Å². The van der Waals surface area contributed by atoms with E-state index in [9.17, 15) is 18.5 Å². The smallest absolute Gasteiger partial charge is 0.271 e. The number of nitrogens with one attached hydrogen (secondary N) is 1. The van der Waals surface area contributed by atoms with Gasteiger partial charge in [-0.2, -0.15) is 0 Å². The molecule has 0 fully saturated rings. The SMILES string of the molecule is COc1ccc([N+](=O)[O-])cc1S(=O)(=O)NCCC(C)N.Cl. The van der Waals surface area contributed by atoms with Crippen LogP contribution in [0, 0.1) is 10.1 Å². The second kappa shape index (κ2) is 8.13. The van der Waals surface area contributed by atoms with Crippen molar-refractivity contribution in [3.8, 4) is 5.75 Å². The molecule has 0 bridgehead atoms. The molecule has 1 atom stereocenters. The molecular weight excluding hydrogens is 322 g/mol. The summed E-state index contributed by atoms with van der Waals surface area (Å²) in [6.45, 7) is 1.90. The van der Waals surface area contributed by atoms with Gasteiger partial charge in [0, 0.05) is 24.7 Å². The fourth-order valence-corrected chi connectivity index (χ4v) is 2.72. The second-order valence-electron chi connectivity index (χ2n) is 4.26. The fraction of sp³-hybridized carbons (Fsp3) is 0.455. The van der Waals surface area contributed by atoms with Crippen LogP contribution in [-0.4, -0.2) is 33.0 Å². The number of halogens is 1. The van der Waals surface area contributed by atoms with Crippen molar-refractivity contribution in [3.05, 3.63) is 28.3 Å². The lowest BCUT2D eigenvalue weighted by Crippen LogP contribution is -2.29. The van der Waals surface area contributed by atoms with Crippen molar-refractivity contribution in [1.82, 2.24) is 4.72 Å². The zero-order chi connectivity index (χ0) is 15.3. The predicted octanol–water partition coefficient (Wildman–Crippen LogP) is 1.04. The minimum Gasteiger partial charge on any atom is -0.495 e. The molecule has 0 spiro atoms. The van der Waals surface area contributed by atoms with Gasteiger partial charge in [0.15, 0.2) is 0 Å². The quantitative estimate of drug-likeness (QED) is 0.565. The molecule has 8 nitrogen and oxygen atoms in total. The summed E-state index contributed by atoms with van der Waals surface area (Å²) in [4.78, 5) is 9.78. The van der Waals surface area contributed by atoms with E-state index in [0.29, 0.717) is 6.42 Å². The molecule has 1 aromatic rings. The first kappa shape index (κ1) is 19.6. The number of nitrogens with zero attached hydrogens (tertiary/aromatic N) is 1. The predicted molar refractivity (Wildman–Crippen MR) is 80.4 cm³/mol. The number of sulfonamides is 1. The van der Waals surface area contributed by atoms with Crippen LogP contribution in [0.25, 0.3) is 0 Å². The van der Waals surface area contributed by atoms with E-state index >= 15 is 0 Å². The van der Waals surface area contributed by atoms with Gasteiger partial charge in [-0.1, -0.05) is 0 Å². The summed E-state index contributed by atoms with van der Waals surface area (Å²) in [7, 11) is -2.60. The Morgan fingerprint density at radius 1 is 1.48 bits per heavy atom. The molecule has 1 rings (SSSR count). The summed E-state index contributed by atoms with van der Waals surface area (Å²) in [5.41, 5.74) is 5.21. The molecule has 1 aromatic carbocycles. The number of benzene rings is 1. The van der Waals surface area contributed by atoms with E-state index in [0.717, 1.165) is 6.07 Å². The van der Waals surface area contributed by atoms with Crippen LogP contribution in [0.2, 0.25) is 0 Å². The minimum atomic E-state index is -3.89. The molecule has 0 amide bonds. The molecule has 0 saturated heterocycles. The number of nitro groups is 1. The molecule has 0 saturated carbocycles. The first-order valence-corrected chi connectivity index (χ1v) is 7.34. The van der Waals surface area contributed by atoms with Gasteiger partial charge >= 0.3 is 0 Å². The summed E-state index contributed by atoms with van der Waals surface area (Å²) in [6, 6.07) is 3.25. The van der Waals surface area contributed by atoms with Crippen LogP contribution in [0.5, 0.6) is 5.75 Å². The van der Waals surface area contributed by atoms with Crippen LogP contribution in [0.4, 0.5) is 5.69 Å². The van der Waals surface area contributed by atoms with Crippen LogP contribution >= 0.6 is 12.4 Å². The highest BCUT2D eigenvalue weighted by atomic mass is 35.5. The highest BCUT2D eigenvalue weighted by molar-refractivity contribution is 7.89. The number of nitrogens with two attached hydrogens (primary N) is 1. The topological polar surface area (TPSA) is 125 Å². The zero-order valence-electron chi connectivity index (χ0n) is 11.6. The molecule has 10 heteroatoms. The Morgan fingerprint density at radius 2 is 2.10 bits per heavy atom. The van der Waals surface area contributed by atoms with E-state index < -0.39 is 14.9 Å². The van der Waals surface area contributed by atoms with E-state index in [-0.39, 0.29) is 41.3 Å². The lowest BCUT2D eigenvalue weighted by Gasteiger charge is -2.11. The summed E-state index contributed by atoms with van der Waals surface area (Å²) in [6.07, 6.45) is 0.455.